The molecule has 20 heavy (non-hydrogen) atoms. The van der Waals surface area contributed by atoms with Gasteiger partial charge in [0, 0.05) is 12.6 Å². The first kappa shape index (κ1) is 14.3. The van der Waals surface area contributed by atoms with Gasteiger partial charge in [-0.1, -0.05) is 6.07 Å². The maximum atomic E-state index is 12.4. The summed E-state index contributed by atoms with van der Waals surface area (Å²) in [6.45, 7) is 0.588. The summed E-state index contributed by atoms with van der Waals surface area (Å²) in [5, 5.41) is 2.96. The smallest absolute Gasteiger partial charge is 0.416 e. The van der Waals surface area contributed by atoms with Gasteiger partial charge in [0.1, 0.15) is 5.75 Å². The molecular weight excluding hydrogens is 269 g/mol. The van der Waals surface area contributed by atoms with Crippen LogP contribution in [-0.2, 0) is 12.7 Å². The van der Waals surface area contributed by atoms with E-state index in [9.17, 15) is 13.2 Å². The molecule has 0 spiro atoms. The summed E-state index contributed by atoms with van der Waals surface area (Å²) in [5.74, 6) is 0.657. The molecule has 0 unspecified atom stereocenters. The van der Waals surface area contributed by atoms with Crippen molar-refractivity contribution in [1.29, 1.82) is 0 Å². The molecule has 0 bridgehead atoms. The predicted octanol–water partition coefficient (Wildman–Crippen LogP) is 3.61. The number of hydrogen-bond donors (Lipinski definition) is 1. The number of benzene rings is 1. The van der Waals surface area contributed by atoms with Crippen LogP contribution in [0.5, 0.6) is 11.6 Å². The summed E-state index contributed by atoms with van der Waals surface area (Å²) >= 11 is 0. The highest BCUT2D eigenvalue weighted by molar-refractivity contribution is 5.32. The maximum absolute atomic E-state index is 12.4. The van der Waals surface area contributed by atoms with Crippen molar-refractivity contribution in [3.8, 4) is 11.6 Å². The number of pyridine rings is 1. The van der Waals surface area contributed by atoms with Crippen molar-refractivity contribution >= 4 is 0 Å². The first-order valence-corrected chi connectivity index (χ1v) is 5.94. The minimum atomic E-state index is -4.34. The molecule has 1 N–H and O–H groups in total. The quantitative estimate of drug-likeness (QED) is 0.930. The Morgan fingerprint density at radius 1 is 1.10 bits per heavy atom. The third-order valence-electron chi connectivity index (χ3n) is 2.54. The number of aromatic nitrogens is 1. The van der Waals surface area contributed by atoms with Crippen LogP contribution in [0.3, 0.4) is 0 Å². The normalized spacial score (nSPS) is 11.4. The van der Waals surface area contributed by atoms with Gasteiger partial charge in [-0.3, -0.25) is 0 Å². The van der Waals surface area contributed by atoms with Crippen molar-refractivity contribution < 1.29 is 17.9 Å². The van der Waals surface area contributed by atoms with Crippen LogP contribution in [0.15, 0.2) is 42.5 Å². The molecular formula is C14H13F3N2O. The Labute approximate surface area is 114 Å². The molecule has 0 aliphatic rings. The van der Waals surface area contributed by atoms with E-state index >= 15 is 0 Å². The molecule has 2 aromatic rings. The van der Waals surface area contributed by atoms with E-state index in [1.54, 1.807) is 19.2 Å². The fraction of sp³-hybridized carbons (Fsp3) is 0.214. The van der Waals surface area contributed by atoms with Gasteiger partial charge in [0.15, 0.2) is 0 Å². The average molecular weight is 282 g/mol. The van der Waals surface area contributed by atoms with Crippen LogP contribution in [0.25, 0.3) is 0 Å². The number of nitrogens with one attached hydrogen (secondary N) is 1. The molecule has 0 amide bonds. The molecule has 0 radical (unpaired) electrons. The van der Waals surface area contributed by atoms with Crippen LogP contribution in [0.4, 0.5) is 13.2 Å². The van der Waals surface area contributed by atoms with Crippen LogP contribution >= 0.6 is 0 Å². The number of nitrogens with zero attached hydrogens (tertiary/aromatic N) is 1. The van der Waals surface area contributed by atoms with Crippen molar-refractivity contribution in [3.63, 3.8) is 0 Å². The molecule has 1 aromatic carbocycles. The molecule has 0 aliphatic carbocycles. The molecule has 0 saturated carbocycles. The number of hydrogen-bond acceptors (Lipinski definition) is 3. The van der Waals surface area contributed by atoms with E-state index in [2.05, 4.69) is 10.3 Å². The van der Waals surface area contributed by atoms with E-state index in [0.717, 1.165) is 17.8 Å². The number of ether oxygens (including phenoxy) is 1. The predicted molar refractivity (Wildman–Crippen MR) is 68.5 cm³/mol. The lowest BCUT2D eigenvalue weighted by molar-refractivity contribution is -0.137. The lowest BCUT2D eigenvalue weighted by Gasteiger charge is -2.09. The second-order valence-electron chi connectivity index (χ2n) is 4.12. The molecule has 0 aliphatic heterocycles. The summed E-state index contributed by atoms with van der Waals surface area (Å²) in [6.07, 6.45) is -4.34. The Hall–Kier alpha value is -2.08. The van der Waals surface area contributed by atoms with Gasteiger partial charge in [0.05, 0.1) is 11.3 Å². The second kappa shape index (κ2) is 5.92. The molecule has 0 saturated heterocycles. The van der Waals surface area contributed by atoms with E-state index in [-0.39, 0.29) is 0 Å². The zero-order chi connectivity index (χ0) is 14.6. The van der Waals surface area contributed by atoms with E-state index in [1.807, 2.05) is 6.07 Å². The van der Waals surface area contributed by atoms with E-state index < -0.39 is 11.7 Å². The Bertz CT molecular complexity index is 567. The Morgan fingerprint density at radius 2 is 1.80 bits per heavy atom. The SMILES string of the molecule is CNCc1cccc(Oc2ccc(C(F)(F)F)cc2)n1. The molecule has 106 valence electrons. The summed E-state index contributed by atoms with van der Waals surface area (Å²) in [7, 11) is 1.80. The van der Waals surface area contributed by atoms with Crippen LogP contribution < -0.4 is 10.1 Å². The maximum Gasteiger partial charge on any atom is 0.416 e. The topological polar surface area (TPSA) is 34.1 Å². The lowest BCUT2D eigenvalue weighted by atomic mass is 10.2. The fourth-order valence-corrected chi connectivity index (χ4v) is 1.63. The highest BCUT2D eigenvalue weighted by atomic mass is 19.4. The minimum absolute atomic E-state index is 0.312. The average Bonchev–Trinajstić information content (AvgIpc) is 2.39. The summed E-state index contributed by atoms with van der Waals surface area (Å²) in [6, 6.07) is 9.76. The van der Waals surface area contributed by atoms with Crippen molar-refractivity contribution in [1.82, 2.24) is 10.3 Å². The largest absolute Gasteiger partial charge is 0.439 e. The zero-order valence-electron chi connectivity index (χ0n) is 10.7. The van der Waals surface area contributed by atoms with Gasteiger partial charge >= 0.3 is 6.18 Å². The molecule has 6 heteroatoms. The van der Waals surface area contributed by atoms with Gasteiger partial charge in [-0.2, -0.15) is 13.2 Å². The molecule has 1 aromatic heterocycles. The van der Waals surface area contributed by atoms with E-state index in [1.165, 1.54) is 12.1 Å². The minimum Gasteiger partial charge on any atom is -0.439 e. The van der Waals surface area contributed by atoms with Gasteiger partial charge in [-0.25, -0.2) is 4.98 Å². The van der Waals surface area contributed by atoms with Crippen molar-refractivity contribution in [2.24, 2.45) is 0 Å². The fourth-order valence-electron chi connectivity index (χ4n) is 1.63. The van der Waals surface area contributed by atoms with Crippen molar-refractivity contribution in [3.05, 3.63) is 53.7 Å². The highest BCUT2D eigenvalue weighted by Gasteiger charge is 2.30. The van der Waals surface area contributed by atoms with Crippen LogP contribution in [0.1, 0.15) is 11.3 Å². The van der Waals surface area contributed by atoms with Crippen LogP contribution in [0, 0.1) is 0 Å². The van der Waals surface area contributed by atoms with Gasteiger partial charge in [-0.05, 0) is 37.4 Å². The summed E-state index contributed by atoms with van der Waals surface area (Å²) in [5.41, 5.74) is 0.0821. The lowest BCUT2D eigenvalue weighted by Crippen LogP contribution is -2.07. The Morgan fingerprint density at radius 3 is 2.40 bits per heavy atom. The summed E-state index contributed by atoms with van der Waals surface area (Å²) in [4.78, 5) is 4.22. The Kier molecular flexibility index (Phi) is 4.24. The van der Waals surface area contributed by atoms with Gasteiger partial charge in [0.2, 0.25) is 5.88 Å². The molecule has 0 atom stereocenters. The Balaban J connectivity index is 2.12. The van der Waals surface area contributed by atoms with Gasteiger partial charge < -0.3 is 10.1 Å². The standard InChI is InChI=1S/C14H13F3N2O/c1-18-9-11-3-2-4-13(19-11)20-12-7-5-10(6-8-12)14(15,16)17/h2-8,18H,9H2,1H3. The van der Waals surface area contributed by atoms with Gasteiger partial charge in [0.25, 0.3) is 0 Å². The van der Waals surface area contributed by atoms with Crippen LogP contribution in [0.2, 0.25) is 0 Å². The first-order chi connectivity index (χ1) is 9.49. The van der Waals surface area contributed by atoms with E-state index in [0.29, 0.717) is 18.2 Å². The second-order valence-corrected chi connectivity index (χ2v) is 4.12. The molecule has 2 rings (SSSR count). The monoisotopic (exact) mass is 282 g/mol. The number of rotatable bonds is 4. The summed E-state index contributed by atoms with van der Waals surface area (Å²) < 4.78 is 42.7. The van der Waals surface area contributed by atoms with Crippen LogP contribution in [-0.4, -0.2) is 12.0 Å². The number of alkyl halides is 3. The third kappa shape index (κ3) is 3.71. The third-order valence-corrected chi connectivity index (χ3v) is 2.54. The van der Waals surface area contributed by atoms with Crippen molar-refractivity contribution in [2.45, 2.75) is 12.7 Å². The molecule has 0 fully saturated rings. The van der Waals surface area contributed by atoms with Crippen molar-refractivity contribution in [2.75, 3.05) is 7.05 Å². The molecule has 3 nitrogen and oxygen atoms in total. The molecule has 1 heterocycles. The van der Waals surface area contributed by atoms with E-state index in [4.69, 9.17) is 4.74 Å². The van der Waals surface area contributed by atoms with Gasteiger partial charge in [-0.15, -0.1) is 0 Å². The highest BCUT2D eigenvalue weighted by Crippen LogP contribution is 2.31. The zero-order valence-corrected chi connectivity index (χ0v) is 10.7. The first-order valence-electron chi connectivity index (χ1n) is 5.94. The number of halogens is 3.